The van der Waals surface area contributed by atoms with Crippen LogP contribution in [-0.4, -0.2) is 28.2 Å². The van der Waals surface area contributed by atoms with E-state index in [2.05, 4.69) is 34.3 Å². The fourth-order valence-electron chi connectivity index (χ4n) is 1.56. The van der Waals surface area contributed by atoms with Gasteiger partial charge in [0.05, 0.1) is 6.61 Å². The number of nitrogens with zero attached hydrogens (tertiary/aromatic N) is 2. The smallest absolute Gasteiger partial charge is 0.222 e. The predicted molar refractivity (Wildman–Crippen MR) is 67.8 cm³/mol. The van der Waals surface area contributed by atoms with E-state index in [0.717, 1.165) is 11.1 Å². The molecule has 0 saturated carbocycles. The van der Waals surface area contributed by atoms with Crippen molar-refractivity contribution in [3.05, 3.63) is 42.2 Å². The number of nitrogens with one attached hydrogen (secondary N) is 1. The molecule has 4 nitrogen and oxygen atoms in total. The molecule has 1 aromatic heterocycles. The van der Waals surface area contributed by atoms with Gasteiger partial charge in [-0.05, 0) is 12.5 Å². The zero-order chi connectivity index (χ0) is 12.1. The SMILES string of the molecule is Cc1cccc(-c2cnc(NCCO)nc2)c1. The Morgan fingerprint density at radius 3 is 2.59 bits per heavy atom. The van der Waals surface area contributed by atoms with Crippen LogP contribution >= 0.6 is 0 Å². The quantitative estimate of drug-likeness (QED) is 0.840. The largest absolute Gasteiger partial charge is 0.395 e. The fourth-order valence-corrected chi connectivity index (χ4v) is 1.56. The van der Waals surface area contributed by atoms with Gasteiger partial charge in [-0.2, -0.15) is 0 Å². The minimum atomic E-state index is 0.0724. The molecule has 0 amide bonds. The van der Waals surface area contributed by atoms with E-state index in [-0.39, 0.29) is 6.61 Å². The Kier molecular flexibility index (Phi) is 3.67. The minimum Gasteiger partial charge on any atom is -0.395 e. The molecule has 0 radical (unpaired) electrons. The summed E-state index contributed by atoms with van der Waals surface area (Å²) < 4.78 is 0. The highest BCUT2D eigenvalue weighted by Gasteiger charge is 2.00. The summed E-state index contributed by atoms with van der Waals surface area (Å²) in [4.78, 5) is 8.38. The van der Waals surface area contributed by atoms with Gasteiger partial charge in [0.15, 0.2) is 0 Å². The van der Waals surface area contributed by atoms with Crippen LogP contribution in [0.3, 0.4) is 0 Å². The van der Waals surface area contributed by atoms with E-state index in [1.54, 1.807) is 12.4 Å². The van der Waals surface area contributed by atoms with Gasteiger partial charge in [-0.15, -0.1) is 0 Å². The first kappa shape index (κ1) is 11.5. The molecule has 0 saturated heterocycles. The van der Waals surface area contributed by atoms with Gasteiger partial charge in [0.25, 0.3) is 0 Å². The lowest BCUT2D eigenvalue weighted by atomic mass is 10.1. The summed E-state index contributed by atoms with van der Waals surface area (Å²) in [5.74, 6) is 0.537. The molecule has 1 heterocycles. The lowest BCUT2D eigenvalue weighted by molar-refractivity contribution is 0.311. The van der Waals surface area contributed by atoms with Crippen molar-refractivity contribution < 1.29 is 5.11 Å². The molecule has 0 spiro atoms. The van der Waals surface area contributed by atoms with E-state index in [9.17, 15) is 0 Å². The lowest BCUT2D eigenvalue weighted by Crippen LogP contribution is -2.08. The van der Waals surface area contributed by atoms with Gasteiger partial charge in [-0.3, -0.25) is 0 Å². The van der Waals surface area contributed by atoms with Crippen molar-refractivity contribution in [2.24, 2.45) is 0 Å². The minimum absolute atomic E-state index is 0.0724. The number of rotatable bonds is 4. The molecule has 17 heavy (non-hydrogen) atoms. The summed E-state index contributed by atoms with van der Waals surface area (Å²) in [6, 6.07) is 8.20. The summed E-state index contributed by atoms with van der Waals surface area (Å²) >= 11 is 0. The van der Waals surface area contributed by atoms with Crippen LogP contribution in [0.5, 0.6) is 0 Å². The average Bonchev–Trinajstić information content (AvgIpc) is 2.37. The number of aryl methyl sites for hydroxylation is 1. The Labute approximate surface area is 100 Å². The number of aliphatic hydroxyl groups excluding tert-OH is 1. The normalized spacial score (nSPS) is 10.2. The number of benzene rings is 1. The molecule has 88 valence electrons. The molecule has 0 aliphatic rings. The van der Waals surface area contributed by atoms with Crippen molar-refractivity contribution in [1.29, 1.82) is 0 Å². The van der Waals surface area contributed by atoms with Crippen molar-refractivity contribution in [2.45, 2.75) is 6.92 Å². The summed E-state index contributed by atoms with van der Waals surface area (Å²) in [6.07, 6.45) is 3.56. The average molecular weight is 229 g/mol. The van der Waals surface area contributed by atoms with E-state index >= 15 is 0 Å². The molecule has 4 heteroatoms. The maximum atomic E-state index is 8.67. The summed E-state index contributed by atoms with van der Waals surface area (Å²) in [6.45, 7) is 2.59. The second-order valence-corrected chi connectivity index (χ2v) is 3.82. The van der Waals surface area contributed by atoms with Crippen LogP contribution in [0, 0.1) is 6.92 Å². The van der Waals surface area contributed by atoms with E-state index in [4.69, 9.17) is 5.11 Å². The third kappa shape index (κ3) is 3.01. The summed E-state index contributed by atoms with van der Waals surface area (Å²) in [5.41, 5.74) is 3.31. The number of aliphatic hydroxyl groups is 1. The lowest BCUT2D eigenvalue weighted by Gasteiger charge is -2.04. The maximum absolute atomic E-state index is 8.67. The topological polar surface area (TPSA) is 58.0 Å². The molecule has 0 aliphatic carbocycles. The molecule has 0 bridgehead atoms. The van der Waals surface area contributed by atoms with Crippen LogP contribution in [0.25, 0.3) is 11.1 Å². The zero-order valence-corrected chi connectivity index (χ0v) is 9.72. The summed E-state index contributed by atoms with van der Waals surface area (Å²) in [7, 11) is 0. The molecule has 0 fully saturated rings. The Hall–Kier alpha value is -1.94. The van der Waals surface area contributed by atoms with Gasteiger partial charge in [-0.1, -0.05) is 29.8 Å². The standard InChI is InChI=1S/C13H15N3O/c1-10-3-2-4-11(7-10)12-8-15-13(16-9-12)14-5-6-17/h2-4,7-9,17H,5-6H2,1H3,(H,14,15,16). The molecule has 0 aliphatic heterocycles. The number of anilines is 1. The van der Waals surface area contributed by atoms with Gasteiger partial charge >= 0.3 is 0 Å². The Bertz CT molecular complexity index is 482. The first-order valence-electron chi connectivity index (χ1n) is 5.53. The first-order chi connectivity index (χ1) is 8.29. The molecular formula is C13H15N3O. The molecular weight excluding hydrogens is 214 g/mol. The Morgan fingerprint density at radius 1 is 1.18 bits per heavy atom. The molecule has 0 unspecified atom stereocenters. The Balaban J connectivity index is 2.17. The van der Waals surface area contributed by atoms with Crippen molar-refractivity contribution in [3.8, 4) is 11.1 Å². The maximum Gasteiger partial charge on any atom is 0.222 e. The highest BCUT2D eigenvalue weighted by atomic mass is 16.3. The van der Waals surface area contributed by atoms with E-state index in [0.29, 0.717) is 12.5 Å². The summed E-state index contributed by atoms with van der Waals surface area (Å²) in [5, 5.41) is 11.6. The highest BCUT2D eigenvalue weighted by Crippen LogP contribution is 2.18. The van der Waals surface area contributed by atoms with Crippen LogP contribution < -0.4 is 5.32 Å². The molecule has 2 rings (SSSR count). The molecule has 0 atom stereocenters. The second-order valence-electron chi connectivity index (χ2n) is 3.82. The van der Waals surface area contributed by atoms with Gasteiger partial charge in [0.1, 0.15) is 0 Å². The zero-order valence-electron chi connectivity index (χ0n) is 9.72. The fraction of sp³-hybridized carbons (Fsp3) is 0.231. The number of hydrogen-bond acceptors (Lipinski definition) is 4. The third-order valence-electron chi connectivity index (χ3n) is 2.40. The van der Waals surface area contributed by atoms with Crippen molar-refractivity contribution >= 4 is 5.95 Å². The van der Waals surface area contributed by atoms with E-state index in [1.807, 2.05) is 12.1 Å². The van der Waals surface area contributed by atoms with Crippen molar-refractivity contribution in [3.63, 3.8) is 0 Å². The van der Waals surface area contributed by atoms with Gasteiger partial charge in [0.2, 0.25) is 5.95 Å². The molecule has 2 aromatic rings. The van der Waals surface area contributed by atoms with Gasteiger partial charge < -0.3 is 10.4 Å². The second kappa shape index (κ2) is 5.41. The van der Waals surface area contributed by atoms with Crippen molar-refractivity contribution in [1.82, 2.24) is 9.97 Å². The van der Waals surface area contributed by atoms with E-state index in [1.165, 1.54) is 5.56 Å². The van der Waals surface area contributed by atoms with Crippen LogP contribution in [0.1, 0.15) is 5.56 Å². The van der Waals surface area contributed by atoms with Crippen molar-refractivity contribution in [2.75, 3.05) is 18.5 Å². The number of aromatic nitrogens is 2. The Morgan fingerprint density at radius 2 is 1.94 bits per heavy atom. The van der Waals surface area contributed by atoms with Crippen LogP contribution in [0.2, 0.25) is 0 Å². The third-order valence-corrected chi connectivity index (χ3v) is 2.40. The monoisotopic (exact) mass is 229 g/mol. The molecule has 1 aromatic carbocycles. The molecule has 2 N–H and O–H groups in total. The van der Waals surface area contributed by atoms with Crippen LogP contribution in [0.15, 0.2) is 36.7 Å². The van der Waals surface area contributed by atoms with Crippen LogP contribution in [0.4, 0.5) is 5.95 Å². The predicted octanol–water partition coefficient (Wildman–Crippen LogP) is 1.86. The van der Waals surface area contributed by atoms with Gasteiger partial charge in [-0.25, -0.2) is 9.97 Å². The highest BCUT2D eigenvalue weighted by molar-refractivity contribution is 5.62. The van der Waals surface area contributed by atoms with Gasteiger partial charge in [0, 0.05) is 24.5 Å². The number of hydrogen-bond donors (Lipinski definition) is 2. The first-order valence-corrected chi connectivity index (χ1v) is 5.53. The van der Waals surface area contributed by atoms with Crippen LogP contribution in [-0.2, 0) is 0 Å². The van der Waals surface area contributed by atoms with E-state index < -0.39 is 0 Å².